The summed E-state index contributed by atoms with van der Waals surface area (Å²) in [5.74, 6) is 0.825. The van der Waals surface area contributed by atoms with E-state index in [2.05, 4.69) is 4.98 Å². The lowest BCUT2D eigenvalue weighted by Crippen LogP contribution is -2.35. The molecule has 4 heteroatoms. The lowest BCUT2D eigenvalue weighted by Gasteiger charge is -2.21. The molecule has 0 atom stereocenters. The molecule has 0 aromatic carbocycles. The maximum Gasteiger partial charge on any atom is 0.272 e. The molecule has 2 aliphatic rings. The summed E-state index contributed by atoms with van der Waals surface area (Å²) in [6.07, 6.45) is 6.56. The number of nitrogens with zero attached hydrogens (tertiary/aromatic N) is 2. The van der Waals surface area contributed by atoms with Gasteiger partial charge >= 0.3 is 0 Å². The van der Waals surface area contributed by atoms with Crippen LogP contribution in [0.1, 0.15) is 41.7 Å². The van der Waals surface area contributed by atoms with Gasteiger partial charge in [0.2, 0.25) is 0 Å². The molecule has 1 amide bonds. The van der Waals surface area contributed by atoms with Gasteiger partial charge in [-0.3, -0.25) is 9.78 Å². The molecule has 0 radical (unpaired) electrons. The summed E-state index contributed by atoms with van der Waals surface area (Å²) >= 11 is 0. The second-order valence-corrected chi connectivity index (χ2v) is 5.39. The van der Waals surface area contributed by atoms with Crippen molar-refractivity contribution in [2.24, 2.45) is 11.7 Å². The Balaban J connectivity index is 1.73. The number of carbonyl (C=O) groups is 1. The zero-order valence-corrected chi connectivity index (χ0v) is 10.5. The van der Waals surface area contributed by atoms with Gasteiger partial charge in [0.15, 0.2) is 0 Å². The number of rotatable bonds is 5. The second kappa shape index (κ2) is 4.69. The number of aromatic nitrogens is 1. The Labute approximate surface area is 107 Å². The number of hydrogen-bond acceptors (Lipinski definition) is 3. The van der Waals surface area contributed by atoms with Crippen LogP contribution >= 0.6 is 0 Å². The minimum absolute atomic E-state index is 0.0907. The van der Waals surface area contributed by atoms with Gasteiger partial charge in [0.1, 0.15) is 5.69 Å². The lowest BCUT2D eigenvalue weighted by molar-refractivity contribution is 0.0729. The van der Waals surface area contributed by atoms with E-state index in [0.717, 1.165) is 30.9 Å². The second-order valence-electron chi connectivity index (χ2n) is 5.39. The zero-order chi connectivity index (χ0) is 12.5. The maximum atomic E-state index is 12.4. The van der Waals surface area contributed by atoms with Crippen molar-refractivity contribution in [1.82, 2.24) is 9.88 Å². The molecule has 96 valence electrons. The van der Waals surface area contributed by atoms with Gasteiger partial charge in [0.25, 0.3) is 5.91 Å². The average molecular weight is 245 g/mol. The third kappa shape index (κ3) is 2.53. The van der Waals surface area contributed by atoms with E-state index in [1.807, 2.05) is 11.0 Å². The minimum atomic E-state index is 0.0907. The van der Waals surface area contributed by atoms with Gasteiger partial charge in [0, 0.05) is 25.3 Å². The summed E-state index contributed by atoms with van der Waals surface area (Å²) < 4.78 is 0. The van der Waals surface area contributed by atoms with E-state index in [1.165, 1.54) is 12.8 Å². The monoisotopic (exact) mass is 245 g/mol. The van der Waals surface area contributed by atoms with Crippen LogP contribution in [0.3, 0.4) is 0 Å². The first kappa shape index (κ1) is 11.7. The molecule has 3 rings (SSSR count). The largest absolute Gasteiger partial charge is 0.334 e. The number of pyridine rings is 1. The van der Waals surface area contributed by atoms with Crippen LogP contribution in [0.5, 0.6) is 0 Å². The van der Waals surface area contributed by atoms with Crippen LogP contribution < -0.4 is 5.73 Å². The van der Waals surface area contributed by atoms with Crippen LogP contribution in [0, 0.1) is 5.92 Å². The molecule has 0 bridgehead atoms. The smallest absolute Gasteiger partial charge is 0.272 e. The first-order valence-electron chi connectivity index (χ1n) is 6.74. The van der Waals surface area contributed by atoms with Crippen molar-refractivity contribution in [3.63, 3.8) is 0 Å². The van der Waals surface area contributed by atoms with Gasteiger partial charge in [-0.15, -0.1) is 0 Å². The fraction of sp³-hybridized carbons (Fsp3) is 0.571. The first-order chi connectivity index (χ1) is 8.78. The van der Waals surface area contributed by atoms with Crippen LogP contribution in [0.2, 0.25) is 0 Å². The molecule has 1 aromatic rings. The van der Waals surface area contributed by atoms with Crippen molar-refractivity contribution in [3.05, 3.63) is 29.6 Å². The molecule has 0 spiro atoms. The minimum Gasteiger partial charge on any atom is -0.334 e. The zero-order valence-electron chi connectivity index (χ0n) is 10.5. The standard InChI is InChI=1S/C14H19N3O/c15-7-11-3-6-13(16-8-11)14(18)17(12-4-5-12)9-10-1-2-10/h3,6,8,10,12H,1-2,4-5,7,9,15H2. The van der Waals surface area contributed by atoms with Crippen molar-refractivity contribution in [3.8, 4) is 0 Å². The lowest BCUT2D eigenvalue weighted by atomic mass is 10.2. The van der Waals surface area contributed by atoms with Crippen LogP contribution in [0.25, 0.3) is 0 Å². The molecule has 2 N–H and O–H groups in total. The number of hydrogen-bond donors (Lipinski definition) is 1. The SMILES string of the molecule is NCc1ccc(C(=O)N(CC2CC2)C2CC2)nc1. The highest BCUT2D eigenvalue weighted by Gasteiger charge is 2.37. The van der Waals surface area contributed by atoms with Crippen molar-refractivity contribution in [2.75, 3.05) is 6.54 Å². The Morgan fingerprint density at radius 1 is 1.33 bits per heavy atom. The predicted molar refractivity (Wildman–Crippen MR) is 68.9 cm³/mol. The van der Waals surface area contributed by atoms with Crippen LogP contribution in [-0.2, 0) is 6.54 Å². The van der Waals surface area contributed by atoms with E-state index in [4.69, 9.17) is 5.73 Å². The molecule has 2 saturated carbocycles. The number of amides is 1. The summed E-state index contributed by atoms with van der Waals surface area (Å²) in [7, 11) is 0. The van der Waals surface area contributed by atoms with Crippen LogP contribution in [0.15, 0.2) is 18.3 Å². The summed E-state index contributed by atoms with van der Waals surface area (Å²) in [5, 5.41) is 0. The quantitative estimate of drug-likeness (QED) is 0.856. The highest BCUT2D eigenvalue weighted by molar-refractivity contribution is 5.92. The van der Waals surface area contributed by atoms with E-state index in [0.29, 0.717) is 18.3 Å². The molecule has 18 heavy (non-hydrogen) atoms. The molecule has 1 heterocycles. The van der Waals surface area contributed by atoms with Crippen molar-refractivity contribution in [1.29, 1.82) is 0 Å². The van der Waals surface area contributed by atoms with Crippen LogP contribution in [0.4, 0.5) is 0 Å². The van der Waals surface area contributed by atoms with Crippen molar-refractivity contribution < 1.29 is 4.79 Å². The third-order valence-electron chi connectivity index (χ3n) is 3.68. The molecular formula is C14H19N3O. The molecule has 1 aromatic heterocycles. The Morgan fingerprint density at radius 2 is 2.11 bits per heavy atom. The Morgan fingerprint density at radius 3 is 2.61 bits per heavy atom. The normalized spacial score (nSPS) is 18.7. The van der Waals surface area contributed by atoms with Gasteiger partial charge < -0.3 is 10.6 Å². The van der Waals surface area contributed by atoms with Crippen molar-refractivity contribution in [2.45, 2.75) is 38.3 Å². The van der Waals surface area contributed by atoms with Crippen molar-refractivity contribution >= 4 is 5.91 Å². The average Bonchev–Trinajstić information content (AvgIpc) is 3.28. The number of nitrogens with two attached hydrogens (primary N) is 1. The van der Waals surface area contributed by atoms with E-state index in [1.54, 1.807) is 12.3 Å². The molecular weight excluding hydrogens is 226 g/mol. The summed E-state index contributed by atoms with van der Waals surface area (Å²) in [6.45, 7) is 1.39. The van der Waals surface area contributed by atoms with Crippen LogP contribution in [-0.4, -0.2) is 28.4 Å². The molecule has 2 aliphatic carbocycles. The van der Waals surface area contributed by atoms with Gasteiger partial charge in [-0.05, 0) is 43.2 Å². The summed E-state index contributed by atoms with van der Waals surface area (Å²) in [5.41, 5.74) is 7.05. The van der Waals surface area contributed by atoms with E-state index >= 15 is 0 Å². The molecule has 0 aliphatic heterocycles. The Bertz CT molecular complexity index is 435. The van der Waals surface area contributed by atoms with E-state index in [9.17, 15) is 4.79 Å². The first-order valence-corrected chi connectivity index (χ1v) is 6.74. The maximum absolute atomic E-state index is 12.4. The summed E-state index contributed by atoms with van der Waals surface area (Å²) in [4.78, 5) is 18.7. The van der Waals surface area contributed by atoms with E-state index in [-0.39, 0.29) is 5.91 Å². The molecule has 4 nitrogen and oxygen atoms in total. The Hall–Kier alpha value is -1.42. The fourth-order valence-electron chi connectivity index (χ4n) is 2.18. The molecule has 0 unspecified atom stereocenters. The highest BCUT2D eigenvalue weighted by atomic mass is 16.2. The van der Waals surface area contributed by atoms with E-state index < -0.39 is 0 Å². The fourth-order valence-corrected chi connectivity index (χ4v) is 2.18. The summed E-state index contributed by atoms with van der Waals surface area (Å²) in [6, 6.07) is 4.16. The van der Waals surface area contributed by atoms with Gasteiger partial charge in [-0.2, -0.15) is 0 Å². The topological polar surface area (TPSA) is 59.2 Å². The third-order valence-corrected chi connectivity index (χ3v) is 3.68. The Kier molecular flexibility index (Phi) is 3.04. The van der Waals surface area contributed by atoms with Gasteiger partial charge in [-0.1, -0.05) is 6.07 Å². The predicted octanol–water partition coefficient (Wildman–Crippen LogP) is 1.55. The molecule has 2 fully saturated rings. The molecule has 0 saturated heterocycles. The van der Waals surface area contributed by atoms with Gasteiger partial charge in [0.05, 0.1) is 0 Å². The number of carbonyl (C=O) groups excluding carboxylic acids is 1. The van der Waals surface area contributed by atoms with Gasteiger partial charge in [-0.25, -0.2) is 0 Å². The highest BCUT2D eigenvalue weighted by Crippen LogP contribution is 2.35.